The predicted molar refractivity (Wildman–Crippen MR) is 59.3 cm³/mol. The summed E-state index contributed by atoms with van der Waals surface area (Å²) in [6.07, 6.45) is 0.852. The second-order valence-corrected chi connectivity index (χ2v) is 4.38. The third-order valence-electron chi connectivity index (χ3n) is 1.86. The van der Waals surface area contributed by atoms with Gasteiger partial charge >= 0.3 is 0 Å². The Bertz CT molecular complexity index is 478. The molecule has 2 N–H and O–H groups in total. The van der Waals surface area contributed by atoms with Crippen molar-refractivity contribution in [2.45, 2.75) is 0 Å². The minimum Gasteiger partial charge on any atom is -0.398 e. The van der Waals surface area contributed by atoms with Crippen molar-refractivity contribution in [2.24, 2.45) is 0 Å². The van der Waals surface area contributed by atoms with Crippen LogP contribution in [0.1, 0.15) is 10.4 Å². The first-order chi connectivity index (χ1) is 6.24. The number of carbonyl (C=O) groups excluding carboxylic acids is 1. The zero-order valence-electron chi connectivity index (χ0n) is 6.58. The van der Waals surface area contributed by atoms with E-state index in [-0.39, 0.29) is 0 Å². The lowest BCUT2D eigenvalue weighted by atomic mass is 10.2. The Balaban J connectivity index is 2.95. The number of thiophene rings is 1. The molecule has 0 unspecified atom stereocenters. The molecule has 13 heavy (non-hydrogen) atoms. The highest BCUT2D eigenvalue weighted by molar-refractivity contribution is 9.10. The minimum absolute atomic E-state index is 0.694. The molecular weight excluding hydrogens is 250 g/mol. The average Bonchev–Trinajstić information content (AvgIpc) is 2.50. The molecule has 1 aromatic heterocycles. The highest BCUT2D eigenvalue weighted by atomic mass is 79.9. The predicted octanol–water partition coefficient (Wildman–Crippen LogP) is 3.06. The van der Waals surface area contributed by atoms with Crippen LogP contribution in [0.3, 0.4) is 0 Å². The maximum absolute atomic E-state index is 10.7. The number of nitrogen functional groups attached to an aromatic ring is 1. The van der Waals surface area contributed by atoms with Crippen molar-refractivity contribution >= 4 is 49.3 Å². The van der Waals surface area contributed by atoms with Crippen LogP contribution >= 0.6 is 27.3 Å². The van der Waals surface area contributed by atoms with Crippen molar-refractivity contribution in [3.63, 3.8) is 0 Å². The number of carbonyl (C=O) groups is 1. The molecular formula is C9H6BrNOS. The maximum Gasteiger partial charge on any atom is 0.151 e. The van der Waals surface area contributed by atoms with Crippen LogP contribution in [0.25, 0.3) is 10.1 Å². The SMILES string of the molecule is Nc1csc2c(C=O)ccc(Br)c12. The number of nitrogens with two attached hydrogens (primary N) is 1. The summed E-state index contributed by atoms with van der Waals surface area (Å²) in [6, 6.07) is 3.63. The molecule has 0 saturated carbocycles. The molecule has 0 radical (unpaired) electrons. The van der Waals surface area contributed by atoms with Gasteiger partial charge in [0.15, 0.2) is 6.29 Å². The van der Waals surface area contributed by atoms with E-state index in [0.29, 0.717) is 5.56 Å². The number of rotatable bonds is 1. The van der Waals surface area contributed by atoms with Gasteiger partial charge in [-0.3, -0.25) is 4.79 Å². The Hall–Kier alpha value is -0.870. The number of aldehydes is 1. The van der Waals surface area contributed by atoms with Gasteiger partial charge < -0.3 is 5.73 Å². The van der Waals surface area contributed by atoms with Crippen LogP contribution < -0.4 is 5.73 Å². The summed E-state index contributed by atoms with van der Waals surface area (Å²) in [6.45, 7) is 0. The third-order valence-corrected chi connectivity index (χ3v) is 3.56. The van der Waals surface area contributed by atoms with Crippen LogP contribution in [0.15, 0.2) is 22.0 Å². The Morgan fingerprint density at radius 3 is 2.92 bits per heavy atom. The average molecular weight is 256 g/mol. The first-order valence-electron chi connectivity index (χ1n) is 3.64. The fraction of sp³-hybridized carbons (Fsp3) is 0. The lowest BCUT2D eigenvalue weighted by molar-refractivity contribution is 0.112. The van der Waals surface area contributed by atoms with Gasteiger partial charge in [-0.25, -0.2) is 0 Å². The molecule has 0 aliphatic rings. The highest BCUT2D eigenvalue weighted by Gasteiger charge is 2.08. The van der Waals surface area contributed by atoms with E-state index in [9.17, 15) is 4.79 Å². The standard InChI is InChI=1S/C9H6BrNOS/c10-6-2-1-5(3-12)9-8(6)7(11)4-13-9/h1-4H,11H2. The fourth-order valence-corrected chi connectivity index (χ4v) is 2.90. The van der Waals surface area contributed by atoms with Gasteiger partial charge in [-0.05, 0) is 12.1 Å². The third kappa shape index (κ3) is 1.26. The van der Waals surface area contributed by atoms with E-state index >= 15 is 0 Å². The van der Waals surface area contributed by atoms with Gasteiger partial charge in [-0.1, -0.05) is 15.9 Å². The van der Waals surface area contributed by atoms with Gasteiger partial charge in [-0.15, -0.1) is 11.3 Å². The Morgan fingerprint density at radius 2 is 2.23 bits per heavy atom. The van der Waals surface area contributed by atoms with E-state index < -0.39 is 0 Å². The smallest absolute Gasteiger partial charge is 0.151 e. The summed E-state index contributed by atoms with van der Waals surface area (Å²) in [4.78, 5) is 10.7. The number of anilines is 1. The van der Waals surface area contributed by atoms with Crippen molar-refractivity contribution < 1.29 is 4.79 Å². The number of fused-ring (bicyclic) bond motifs is 1. The molecule has 0 spiro atoms. The van der Waals surface area contributed by atoms with Gasteiger partial charge in [0.05, 0.1) is 5.69 Å². The van der Waals surface area contributed by atoms with Crippen LogP contribution in [0.4, 0.5) is 5.69 Å². The van der Waals surface area contributed by atoms with Crippen LogP contribution in [0.2, 0.25) is 0 Å². The maximum atomic E-state index is 10.7. The molecule has 2 aromatic rings. The molecule has 0 saturated heterocycles. The zero-order chi connectivity index (χ0) is 9.42. The van der Waals surface area contributed by atoms with Gasteiger partial charge in [0.25, 0.3) is 0 Å². The molecule has 0 atom stereocenters. The minimum atomic E-state index is 0.694. The summed E-state index contributed by atoms with van der Waals surface area (Å²) >= 11 is 4.89. The molecule has 2 nitrogen and oxygen atoms in total. The van der Waals surface area contributed by atoms with E-state index in [4.69, 9.17) is 5.73 Å². The normalized spacial score (nSPS) is 10.5. The van der Waals surface area contributed by atoms with Crippen LogP contribution in [-0.2, 0) is 0 Å². The molecule has 2 rings (SSSR count). The van der Waals surface area contributed by atoms with E-state index in [1.54, 1.807) is 6.07 Å². The van der Waals surface area contributed by atoms with Crippen molar-refractivity contribution in [2.75, 3.05) is 5.73 Å². The molecule has 0 aliphatic carbocycles. The Kier molecular flexibility index (Phi) is 2.09. The summed E-state index contributed by atoms with van der Waals surface area (Å²) in [5, 5.41) is 2.79. The quantitative estimate of drug-likeness (QED) is 0.797. The second-order valence-electron chi connectivity index (χ2n) is 2.65. The van der Waals surface area contributed by atoms with Crippen LogP contribution in [0, 0.1) is 0 Å². The molecule has 0 aliphatic heterocycles. The first kappa shape index (κ1) is 8.72. The number of hydrogen-bond acceptors (Lipinski definition) is 3. The van der Waals surface area contributed by atoms with Crippen molar-refractivity contribution in [1.29, 1.82) is 0 Å². The lowest BCUT2D eigenvalue weighted by Gasteiger charge is -1.97. The summed E-state index contributed by atoms with van der Waals surface area (Å²) in [7, 11) is 0. The summed E-state index contributed by atoms with van der Waals surface area (Å²) in [5.74, 6) is 0. The molecule has 66 valence electrons. The number of hydrogen-bond donors (Lipinski definition) is 1. The molecule has 1 heterocycles. The topological polar surface area (TPSA) is 43.1 Å². The van der Waals surface area contributed by atoms with E-state index in [1.807, 2.05) is 11.4 Å². The highest BCUT2D eigenvalue weighted by Crippen LogP contribution is 2.35. The van der Waals surface area contributed by atoms with E-state index in [1.165, 1.54) is 11.3 Å². The van der Waals surface area contributed by atoms with Crippen molar-refractivity contribution in [3.8, 4) is 0 Å². The monoisotopic (exact) mass is 255 g/mol. The van der Waals surface area contributed by atoms with Crippen LogP contribution in [0.5, 0.6) is 0 Å². The second kappa shape index (κ2) is 3.12. The Morgan fingerprint density at radius 1 is 1.46 bits per heavy atom. The summed E-state index contributed by atoms with van der Waals surface area (Å²) < 4.78 is 1.88. The van der Waals surface area contributed by atoms with Gasteiger partial charge in [0, 0.05) is 25.5 Å². The molecule has 0 amide bonds. The molecule has 0 fully saturated rings. The van der Waals surface area contributed by atoms with Crippen LogP contribution in [-0.4, -0.2) is 6.29 Å². The van der Waals surface area contributed by atoms with Gasteiger partial charge in [0.2, 0.25) is 0 Å². The number of benzene rings is 1. The Labute approximate surface area is 87.5 Å². The zero-order valence-corrected chi connectivity index (χ0v) is 8.98. The molecule has 4 heteroatoms. The molecule has 0 bridgehead atoms. The van der Waals surface area contributed by atoms with E-state index in [0.717, 1.165) is 26.5 Å². The molecule has 1 aromatic carbocycles. The van der Waals surface area contributed by atoms with Gasteiger partial charge in [0.1, 0.15) is 0 Å². The largest absolute Gasteiger partial charge is 0.398 e. The first-order valence-corrected chi connectivity index (χ1v) is 5.31. The van der Waals surface area contributed by atoms with E-state index in [2.05, 4.69) is 15.9 Å². The summed E-state index contributed by atoms with van der Waals surface area (Å²) in [5.41, 5.74) is 7.18. The number of halogens is 1. The van der Waals surface area contributed by atoms with Gasteiger partial charge in [-0.2, -0.15) is 0 Å². The van der Waals surface area contributed by atoms with Crippen molar-refractivity contribution in [3.05, 3.63) is 27.5 Å². The fourth-order valence-electron chi connectivity index (χ4n) is 1.24. The lowest BCUT2D eigenvalue weighted by Crippen LogP contribution is -1.84. The van der Waals surface area contributed by atoms with Crippen molar-refractivity contribution in [1.82, 2.24) is 0 Å².